The molecule has 0 aliphatic heterocycles. The predicted octanol–water partition coefficient (Wildman–Crippen LogP) is 3.81. The molecule has 8 heteroatoms. The molecular formula is C23H25N5O2S. The first-order chi connectivity index (χ1) is 15.0. The summed E-state index contributed by atoms with van der Waals surface area (Å²) in [5.41, 5.74) is 4.54. The van der Waals surface area contributed by atoms with Crippen LogP contribution in [0.5, 0.6) is 0 Å². The van der Waals surface area contributed by atoms with Crippen molar-refractivity contribution < 1.29 is 9.21 Å². The van der Waals surface area contributed by atoms with Gasteiger partial charge in [-0.25, -0.2) is 0 Å². The van der Waals surface area contributed by atoms with Gasteiger partial charge in [0.1, 0.15) is 11.6 Å². The van der Waals surface area contributed by atoms with Crippen molar-refractivity contribution in [3.05, 3.63) is 83.3 Å². The van der Waals surface area contributed by atoms with Crippen molar-refractivity contribution in [2.75, 3.05) is 5.75 Å². The van der Waals surface area contributed by atoms with Crippen LogP contribution in [0.1, 0.15) is 28.4 Å². The molecule has 4 aromatic rings. The number of carbonyl (C=O) groups excluding carboxylic acids is 1. The number of aryl methyl sites for hydroxylation is 2. The molecule has 0 saturated carbocycles. The van der Waals surface area contributed by atoms with Crippen LogP contribution in [0.25, 0.3) is 5.69 Å². The monoisotopic (exact) mass is 435 g/mol. The average Bonchev–Trinajstić information content (AvgIpc) is 3.50. The van der Waals surface area contributed by atoms with Crippen LogP contribution in [-0.4, -0.2) is 31.0 Å². The number of nitrogens with one attached hydrogen (secondary N) is 1. The number of hydrogen-bond acceptors (Lipinski definition) is 5. The molecule has 3 aromatic heterocycles. The molecule has 4 rings (SSSR count). The molecule has 0 spiro atoms. The van der Waals surface area contributed by atoms with E-state index in [4.69, 9.17) is 4.42 Å². The highest BCUT2D eigenvalue weighted by Crippen LogP contribution is 2.26. The molecular weight excluding hydrogens is 410 g/mol. The Kier molecular flexibility index (Phi) is 6.27. The van der Waals surface area contributed by atoms with Crippen LogP contribution in [0.2, 0.25) is 0 Å². The van der Waals surface area contributed by atoms with Crippen LogP contribution < -0.4 is 5.32 Å². The lowest BCUT2D eigenvalue weighted by atomic mass is 10.1. The number of aromatic nitrogens is 4. The molecule has 0 atom stereocenters. The molecule has 0 aliphatic rings. The molecule has 0 radical (unpaired) electrons. The van der Waals surface area contributed by atoms with Gasteiger partial charge in [-0.15, -0.1) is 10.2 Å². The molecule has 0 unspecified atom stereocenters. The van der Waals surface area contributed by atoms with Gasteiger partial charge in [-0.1, -0.05) is 23.9 Å². The summed E-state index contributed by atoms with van der Waals surface area (Å²) in [6.45, 7) is 4.56. The first-order valence-electron chi connectivity index (χ1n) is 10.1. The number of benzene rings is 1. The largest absolute Gasteiger partial charge is 0.467 e. The summed E-state index contributed by atoms with van der Waals surface area (Å²) in [5, 5.41) is 12.5. The summed E-state index contributed by atoms with van der Waals surface area (Å²) in [6.07, 6.45) is 4.26. The highest BCUT2D eigenvalue weighted by molar-refractivity contribution is 7.99. The molecule has 3 heterocycles. The van der Waals surface area contributed by atoms with Crippen LogP contribution in [0, 0.1) is 13.8 Å². The van der Waals surface area contributed by atoms with Gasteiger partial charge in [0.05, 0.1) is 24.2 Å². The molecule has 1 N–H and O–H groups in total. The maximum atomic E-state index is 12.4. The Hall–Kier alpha value is -3.26. The highest BCUT2D eigenvalue weighted by atomic mass is 32.2. The number of hydrogen-bond donors (Lipinski definition) is 1. The standard InChI is InChI=1S/C23H25N5O2S/c1-16-7-4-10-20(17(16)2)28-21(13-18-8-5-11-27(18)3)25-26-23(28)31-15-22(29)24-14-19-9-6-12-30-19/h4-12H,13-15H2,1-3H3,(H,24,29). The maximum Gasteiger partial charge on any atom is 0.230 e. The molecule has 1 aromatic carbocycles. The van der Waals surface area contributed by atoms with Crippen LogP contribution in [0.4, 0.5) is 0 Å². The Morgan fingerprint density at radius 2 is 2.00 bits per heavy atom. The summed E-state index contributed by atoms with van der Waals surface area (Å²) in [4.78, 5) is 12.4. The van der Waals surface area contributed by atoms with E-state index in [1.807, 2.05) is 31.4 Å². The zero-order valence-electron chi connectivity index (χ0n) is 17.8. The Bertz CT molecular complexity index is 1180. The van der Waals surface area contributed by atoms with Crippen molar-refractivity contribution in [1.29, 1.82) is 0 Å². The SMILES string of the molecule is Cc1cccc(-n2c(Cc3cccn3C)nnc2SCC(=O)NCc2ccco2)c1C. The van der Waals surface area contributed by atoms with Gasteiger partial charge in [0.2, 0.25) is 5.91 Å². The third-order valence-corrected chi connectivity index (χ3v) is 6.21. The normalized spacial score (nSPS) is 11.1. The van der Waals surface area contributed by atoms with E-state index in [0.717, 1.165) is 23.0 Å². The summed E-state index contributed by atoms with van der Waals surface area (Å²) in [6, 6.07) is 13.9. The molecule has 7 nitrogen and oxygen atoms in total. The molecule has 0 aliphatic carbocycles. The second-order valence-electron chi connectivity index (χ2n) is 7.39. The third-order valence-electron chi connectivity index (χ3n) is 5.28. The van der Waals surface area contributed by atoms with E-state index in [0.29, 0.717) is 18.1 Å². The van der Waals surface area contributed by atoms with Gasteiger partial charge in [0, 0.05) is 25.4 Å². The third kappa shape index (κ3) is 4.74. The highest BCUT2D eigenvalue weighted by Gasteiger charge is 2.19. The lowest BCUT2D eigenvalue weighted by molar-refractivity contribution is -0.118. The number of nitrogens with zero attached hydrogens (tertiary/aromatic N) is 4. The van der Waals surface area contributed by atoms with E-state index in [9.17, 15) is 4.79 Å². The minimum atomic E-state index is -0.0825. The predicted molar refractivity (Wildman–Crippen MR) is 120 cm³/mol. The summed E-state index contributed by atoms with van der Waals surface area (Å²) >= 11 is 1.38. The van der Waals surface area contributed by atoms with E-state index in [2.05, 4.69) is 56.7 Å². The van der Waals surface area contributed by atoms with Crippen molar-refractivity contribution >= 4 is 17.7 Å². The number of furan rings is 1. The molecule has 160 valence electrons. The molecule has 31 heavy (non-hydrogen) atoms. The van der Waals surface area contributed by atoms with E-state index in [1.54, 1.807) is 12.3 Å². The second kappa shape index (κ2) is 9.26. The average molecular weight is 436 g/mol. The van der Waals surface area contributed by atoms with Crippen LogP contribution >= 0.6 is 11.8 Å². The second-order valence-corrected chi connectivity index (χ2v) is 8.33. The lowest BCUT2D eigenvalue weighted by Crippen LogP contribution is -2.24. The zero-order valence-corrected chi connectivity index (χ0v) is 18.6. The van der Waals surface area contributed by atoms with Crippen molar-refractivity contribution in [2.45, 2.75) is 32.0 Å². The fraction of sp³-hybridized carbons (Fsp3) is 0.261. The summed E-state index contributed by atoms with van der Waals surface area (Å²) in [5.74, 6) is 1.73. The van der Waals surface area contributed by atoms with Crippen molar-refractivity contribution in [2.24, 2.45) is 7.05 Å². The zero-order chi connectivity index (χ0) is 21.8. The van der Waals surface area contributed by atoms with Gasteiger partial charge in [0.25, 0.3) is 0 Å². The van der Waals surface area contributed by atoms with E-state index in [-0.39, 0.29) is 11.7 Å². The number of thioether (sulfide) groups is 1. The summed E-state index contributed by atoms with van der Waals surface area (Å²) < 4.78 is 9.41. The van der Waals surface area contributed by atoms with Crippen molar-refractivity contribution in [1.82, 2.24) is 24.6 Å². The number of amides is 1. The van der Waals surface area contributed by atoms with Gasteiger partial charge < -0.3 is 14.3 Å². The first kappa shape index (κ1) is 21.0. The van der Waals surface area contributed by atoms with Gasteiger partial charge >= 0.3 is 0 Å². The number of rotatable bonds is 8. The molecule has 1 amide bonds. The topological polar surface area (TPSA) is 77.9 Å². The van der Waals surface area contributed by atoms with Gasteiger partial charge in [-0.2, -0.15) is 0 Å². The van der Waals surface area contributed by atoms with Crippen molar-refractivity contribution in [3.63, 3.8) is 0 Å². The van der Waals surface area contributed by atoms with E-state index >= 15 is 0 Å². The van der Waals surface area contributed by atoms with Crippen LogP contribution in [0.3, 0.4) is 0 Å². The van der Waals surface area contributed by atoms with Gasteiger partial charge in [-0.3, -0.25) is 9.36 Å². The Labute approximate surface area is 185 Å². The van der Waals surface area contributed by atoms with E-state index in [1.165, 1.54) is 22.9 Å². The first-order valence-corrected chi connectivity index (χ1v) is 11.0. The van der Waals surface area contributed by atoms with Crippen molar-refractivity contribution in [3.8, 4) is 5.69 Å². The fourth-order valence-corrected chi connectivity index (χ4v) is 4.14. The van der Waals surface area contributed by atoms with Crippen LogP contribution in [0.15, 0.2) is 64.5 Å². The van der Waals surface area contributed by atoms with E-state index < -0.39 is 0 Å². The van der Waals surface area contributed by atoms with Crippen LogP contribution in [-0.2, 0) is 24.8 Å². The minimum Gasteiger partial charge on any atom is -0.467 e. The van der Waals surface area contributed by atoms with Gasteiger partial charge in [-0.05, 0) is 55.3 Å². The minimum absolute atomic E-state index is 0.0825. The van der Waals surface area contributed by atoms with Gasteiger partial charge in [0.15, 0.2) is 5.16 Å². The number of carbonyl (C=O) groups is 1. The Balaban J connectivity index is 1.57. The quantitative estimate of drug-likeness (QED) is 0.426. The Morgan fingerprint density at radius 1 is 1.13 bits per heavy atom. The fourth-order valence-electron chi connectivity index (χ4n) is 3.35. The molecule has 0 saturated heterocycles. The maximum absolute atomic E-state index is 12.4. The lowest BCUT2D eigenvalue weighted by Gasteiger charge is -2.14. The smallest absolute Gasteiger partial charge is 0.230 e. The summed E-state index contributed by atoms with van der Waals surface area (Å²) in [7, 11) is 2.02. The molecule has 0 bridgehead atoms. The molecule has 0 fully saturated rings. The Morgan fingerprint density at radius 3 is 2.74 bits per heavy atom.